The zero-order valence-corrected chi connectivity index (χ0v) is 14.4. The lowest BCUT2D eigenvalue weighted by atomic mass is 10.2. The highest BCUT2D eigenvalue weighted by Gasteiger charge is 2.23. The molecule has 0 saturated carbocycles. The van der Waals surface area contributed by atoms with Crippen LogP contribution in [0, 0.1) is 0 Å². The topological polar surface area (TPSA) is 72.5 Å². The normalized spacial score (nSPS) is 11.1. The Balaban J connectivity index is 2.27. The Hall–Kier alpha value is -1.76. The first kappa shape index (κ1) is 17.6. The molecule has 0 aromatic heterocycles. The van der Waals surface area contributed by atoms with Crippen molar-refractivity contribution >= 4 is 39.1 Å². The summed E-state index contributed by atoms with van der Waals surface area (Å²) in [7, 11) is -2.58. The van der Waals surface area contributed by atoms with Crippen LogP contribution in [0.15, 0.2) is 42.5 Å². The Morgan fingerprint density at radius 2 is 1.70 bits per heavy atom. The highest BCUT2D eigenvalue weighted by molar-refractivity contribution is 7.89. The monoisotopic (exact) mass is 373 g/mol. The van der Waals surface area contributed by atoms with Crippen LogP contribution in [0.4, 0.5) is 0 Å². The summed E-state index contributed by atoms with van der Waals surface area (Å²) < 4.78 is 31.3. The third-order valence-corrected chi connectivity index (χ3v) is 4.76. The van der Waals surface area contributed by atoms with E-state index in [9.17, 15) is 13.2 Å². The number of methoxy groups -OCH3 is 1. The summed E-state index contributed by atoms with van der Waals surface area (Å²) in [6.07, 6.45) is 0. The Morgan fingerprint density at radius 1 is 1.09 bits per heavy atom. The quantitative estimate of drug-likeness (QED) is 0.872. The first-order chi connectivity index (χ1) is 10.8. The number of nitrogens with one attached hydrogen (secondary N) is 1. The molecule has 8 heteroatoms. The Morgan fingerprint density at radius 3 is 2.30 bits per heavy atom. The van der Waals surface area contributed by atoms with Crippen LogP contribution in [0.5, 0.6) is 5.75 Å². The molecule has 23 heavy (non-hydrogen) atoms. The zero-order chi connectivity index (χ0) is 17.0. The fourth-order valence-corrected chi connectivity index (χ4v) is 3.52. The molecule has 2 rings (SSSR count). The Labute approximate surface area is 144 Å². The second-order valence-electron chi connectivity index (χ2n) is 4.61. The van der Waals surface area contributed by atoms with Gasteiger partial charge in [-0.25, -0.2) is 13.1 Å². The third kappa shape index (κ3) is 4.37. The van der Waals surface area contributed by atoms with Crippen molar-refractivity contribution < 1.29 is 17.9 Å². The second kappa shape index (κ2) is 7.21. The average Bonchev–Trinajstić information content (AvgIpc) is 2.49. The predicted octanol–water partition coefficient (Wildman–Crippen LogP) is 3.26. The molecule has 5 nitrogen and oxygen atoms in total. The van der Waals surface area contributed by atoms with E-state index >= 15 is 0 Å². The van der Waals surface area contributed by atoms with Crippen molar-refractivity contribution in [2.24, 2.45) is 0 Å². The molecule has 122 valence electrons. The van der Waals surface area contributed by atoms with E-state index < -0.39 is 15.9 Å². The number of ether oxygens (including phenoxy) is 1. The fourth-order valence-electron chi connectivity index (χ4n) is 1.97. The highest BCUT2D eigenvalue weighted by atomic mass is 35.5. The van der Waals surface area contributed by atoms with Gasteiger partial charge in [-0.2, -0.15) is 0 Å². The van der Waals surface area contributed by atoms with E-state index in [4.69, 9.17) is 27.9 Å². The molecule has 0 fully saturated rings. The number of amides is 1. The molecule has 0 aliphatic rings. The number of benzene rings is 2. The molecule has 0 spiro atoms. The summed E-state index contributed by atoms with van der Waals surface area (Å²) in [5, 5.41) is 0.196. The van der Waals surface area contributed by atoms with Gasteiger partial charge < -0.3 is 4.74 Å². The van der Waals surface area contributed by atoms with Crippen LogP contribution < -0.4 is 9.46 Å². The third-order valence-electron chi connectivity index (χ3n) is 2.94. The van der Waals surface area contributed by atoms with Crippen molar-refractivity contribution in [1.82, 2.24) is 4.72 Å². The molecule has 1 amide bonds. The molecule has 0 bridgehead atoms. The van der Waals surface area contributed by atoms with E-state index in [1.165, 1.54) is 19.2 Å². The molecule has 0 heterocycles. The smallest absolute Gasteiger partial charge is 0.270 e. The van der Waals surface area contributed by atoms with Gasteiger partial charge in [0, 0.05) is 0 Å². The van der Waals surface area contributed by atoms with Gasteiger partial charge in [-0.05, 0) is 17.7 Å². The summed E-state index contributed by atoms with van der Waals surface area (Å²) >= 11 is 11.9. The number of hydrogen-bond acceptors (Lipinski definition) is 4. The van der Waals surface area contributed by atoms with Crippen molar-refractivity contribution in [3.05, 3.63) is 63.6 Å². The van der Waals surface area contributed by atoms with E-state index in [-0.39, 0.29) is 27.1 Å². The maximum absolute atomic E-state index is 12.3. The van der Waals surface area contributed by atoms with Crippen LogP contribution in [0.2, 0.25) is 10.0 Å². The standard InChI is InChI=1S/C15H13Cl2NO4S/c1-22-14-12(17)8-7-11(16)13(14)15(19)18-23(20,21)9-10-5-3-2-4-6-10/h2-8H,9H2,1H3,(H,18,19). The highest BCUT2D eigenvalue weighted by Crippen LogP contribution is 2.33. The fraction of sp³-hybridized carbons (Fsp3) is 0.133. The molecule has 0 aliphatic heterocycles. The maximum atomic E-state index is 12.3. The molecule has 2 aromatic rings. The Bertz CT molecular complexity index is 823. The van der Waals surface area contributed by atoms with Crippen molar-refractivity contribution in [1.29, 1.82) is 0 Å². The van der Waals surface area contributed by atoms with Crippen LogP contribution in [-0.2, 0) is 15.8 Å². The van der Waals surface area contributed by atoms with Crippen LogP contribution >= 0.6 is 23.2 Å². The summed E-state index contributed by atoms with van der Waals surface area (Å²) in [5.41, 5.74) is 0.426. The lowest BCUT2D eigenvalue weighted by Gasteiger charge is -2.12. The van der Waals surface area contributed by atoms with Gasteiger partial charge in [0.15, 0.2) is 5.75 Å². The van der Waals surface area contributed by atoms with Crippen molar-refractivity contribution in [2.45, 2.75) is 5.75 Å². The molecule has 0 atom stereocenters. The van der Waals surface area contributed by atoms with Gasteiger partial charge in [0.05, 0.1) is 22.9 Å². The van der Waals surface area contributed by atoms with Gasteiger partial charge in [-0.3, -0.25) is 4.79 Å². The second-order valence-corrected chi connectivity index (χ2v) is 7.15. The van der Waals surface area contributed by atoms with E-state index in [1.807, 2.05) is 4.72 Å². The Kier molecular flexibility index (Phi) is 5.51. The number of carbonyl (C=O) groups excluding carboxylic acids is 1. The van der Waals surface area contributed by atoms with E-state index in [0.717, 1.165) is 0 Å². The largest absolute Gasteiger partial charge is 0.494 e. The van der Waals surface area contributed by atoms with Crippen molar-refractivity contribution in [3.8, 4) is 5.75 Å². The minimum atomic E-state index is -3.89. The summed E-state index contributed by atoms with van der Waals surface area (Å²) in [6, 6.07) is 11.3. The maximum Gasteiger partial charge on any atom is 0.270 e. The number of hydrogen-bond donors (Lipinski definition) is 1. The van der Waals surface area contributed by atoms with E-state index in [0.29, 0.717) is 5.56 Å². The van der Waals surface area contributed by atoms with Crippen molar-refractivity contribution in [3.63, 3.8) is 0 Å². The molecule has 0 saturated heterocycles. The van der Waals surface area contributed by atoms with Gasteiger partial charge in [-0.15, -0.1) is 0 Å². The number of sulfonamides is 1. The molecule has 0 radical (unpaired) electrons. The van der Waals surface area contributed by atoms with E-state index in [1.54, 1.807) is 30.3 Å². The molecule has 1 N–H and O–H groups in total. The molecular weight excluding hydrogens is 361 g/mol. The predicted molar refractivity (Wildman–Crippen MR) is 89.5 cm³/mol. The zero-order valence-electron chi connectivity index (χ0n) is 12.0. The minimum absolute atomic E-state index is 0.0200. The SMILES string of the molecule is COc1c(Cl)ccc(Cl)c1C(=O)NS(=O)(=O)Cc1ccccc1. The molecule has 0 unspecified atom stereocenters. The lowest BCUT2D eigenvalue weighted by Crippen LogP contribution is -2.32. The van der Waals surface area contributed by atoms with Gasteiger partial charge in [0.2, 0.25) is 10.0 Å². The van der Waals surface area contributed by atoms with Gasteiger partial charge in [0.1, 0.15) is 5.56 Å². The van der Waals surface area contributed by atoms with Gasteiger partial charge >= 0.3 is 0 Å². The average molecular weight is 374 g/mol. The van der Waals surface area contributed by atoms with Crippen LogP contribution in [0.25, 0.3) is 0 Å². The summed E-state index contributed by atoms with van der Waals surface area (Å²) in [5.74, 6) is -1.21. The van der Waals surface area contributed by atoms with Crippen molar-refractivity contribution in [2.75, 3.05) is 7.11 Å². The molecular formula is C15H13Cl2NO4S. The summed E-state index contributed by atoms with van der Waals surface area (Å²) in [4.78, 5) is 12.3. The van der Waals surface area contributed by atoms with Gasteiger partial charge in [-0.1, -0.05) is 53.5 Å². The number of rotatable bonds is 5. The van der Waals surface area contributed by atoms with Gasteiger partial charge in [0.25, 0.3) is 5.91 Å². The number of halogens is 2. The minimum Gasteiger partial charge on any atom is -0.494 e. The number of carbonyl (C=O) groups is 1. The first-order valence-corrected chi connectivity index (χ1v) is 8.85. The van der Waals surface area contributed by atoms with Crippen LogP contribution in [0.3, 0.4) is 0 Å². The van der Waals surface area contributed by atoms with E-state index in [2.05, 4.69) is 0 Å². The molecule has 0 aliphatic carbocycles. The summed E-state index contributed by atoms with van der Waals surface area (Å²) in [6.45, 7) is 0. The lowest BCUT2D eigenvalue weighted by molar-refractivity contribution is 0.0978. The van der Waals surface area contributed by atoms with Crippen LogP contribution in [0.1, 0.15) is 15.9 Å². The van der Waals surface area contributed by atoms with Crippen LogP contribution in [-0.4, -0.2) is 21.4 Å². The molecule has 2 aromatic carbocycles. The first-order valence-electron chi connectivity index (χ1n) is 6.45.